The van der Waals surface area contributed by atoms with Crippen molar-refractivity contribution in [2.75, 3.05) is 13.2 Å². The summed E-state index contributed by atoms with van der Waals surface area (Å²) in [5.41, 5.74) is 4.68. The Labute approximate surface area is 207 Å². The third-order valence-electron chi connectivity index (χ3n) is 6.36. The lowest BCUT2D eigenvalue weighted by molar-refractivity contribution is -0.137. The van der Waals surface area contributed by atoms with Crippen LogP contribution in [0.4, 0.5) is 4.79 Å². The van der Waals surface area contributed by atoms with Gasteiger partial charge in [0, 0.05) is 31.3 Å². The molecule has 0 bridgehead atoms. The fourth-order valence-corrected chi connectivity index (χ4v) is 4.79. The predicted octanol–water partition coefficient (Wildman–Crippen LogP) is 4.95. The van der Waals surface area contributed by atoms with Crippen molar-refractivity contribution in [1.29, 1.82) is 0 Å². The van der Waals surface area contributed by atoms with E-state index in [0.717, 1.165) is 17.5 Å². The van der Waals surface area contributed by atoms with Crippen LogP contribution in [0.1, 0.15) is 63.5 Å². The lowest BCUT2D eigenvalue weighted by atomic mass is 9.93. The molecule has 7 nitrogen and oxygen atoms in total. The van der Waals surface area contributed by atoms with Crippen molar-refractivity contribution < 1.29 is 24.2 Å². The van der Waals surface area contributed by atoms with Gasteiger partial charge in [0.25, 0.3) is 0 Å². The van der Waals surface area contributed by atoms with Gasteiger partial charge >= 0.3 is 12.1 Å². The number of hydrogen-bond donors (Lipinski definition) is 3. The minimum Gasteiger partial charge on any atom is -0.481 e. The summed E-state index contributed by atoms with van der Waals surface area (Å²) in [5, 5.41) is 14.5. The van der Waals surface area contributed by atoms with E-state index in [1.165, 1.54) is 11.1 Å². The second-order valence-electron chi connectivity index (χ2n) is 9.81. The smallest absolute Gasteiger partial charge is 0.407 e. The summed E-state index contributed by atoms with van der Waals surface area (Å²) >= 11 is 0. The average molecular weight is 481 g/mol. The van der Waals surface area contributed by atoms with E-state index in [1.54, 1.807) is 6.92 Å². The Hall–Kier alpha value is -3.35. The lowest BCUT2D eigenvalue weighted by Crippen LogP contribution is -2.37. The molecule has 0 spiro atoms. The third kappa shape index (κ3) is 7.57. The van der Waals surface area contributed by atoms with Gasteiger partial charge in [0.1, 0.15) is 6.61 Å². The fraction of sp³-hybridized carbons (Fsp3) is 0.464. The molecule has 0 heterocycles. The Morgan fingerprint density at radius 2 is 1.57 bits per heavy atom. The first-order valence-corrected chi connectivity index (χ1v) is 12.3. The number of hydrogen-bond acceptors (Lipinski definition) is 4. The summed E-state index contributed by atoms with van der Waals surface area (Å²) in [6, 6.07) is 16.2. The molecule has 7 heteroatoms. The van der Waals surface area contributed by atoms with E-state index in [1.807, 2.05) is 24.3 Å². The topological polar surface area (TPSA) is 105 Å². The third-order valence-corrected chi connectivity index (χ3v) is 6.36. The van der Waals surface area contributed by atoms with Crippen molar-refractivity contribution in [2.45, 2.75) is 58.4 Å². The molecule has 0 saturated carbocycles. The van der Waals surface area contributed by atoms with Crippen molar-refractivity contribution in [1.82, 2.24) is 10.6 Å². The zero-order valence-corrected chi connectivity index (χ0v) is 20.8. The fourth-order valence-electron chi connectivity index (χ4n) is 4.79. The van der Waals surface area contributed by atoms with E-state index in [-0.39, 0.29) is 43.2 Å². The first-order chi connectivity index (χ1) is 16.7. The van der Waals surface area contributed by atoms with Crippen LogP contribution in [-0.4, -0.2) is 42.3 Å². The molecule has 0 fully saturated rings. The molecule has 0 aromatic heterocycles. The van der Waals surface area contributed by atoms with Gasteiger partial charge in [-0.1, -0.05) is 62.4 Å². The van der Waals surface area contributed by atoms with Crippen LogP contribution < -0.4 is 10.6 Å². The van der Waals surface area contributed by atoms with Crippen molar-refractivity contribution in [2.24, 2.45) is 11.8 Å². The van der Waals surface area contributed by atoms with E-state index in [4.69, 9.17) is 9.84 Å². The molecule has 2 amide bonds. The van der Waals surface area contributed by atoms with Gasteiger partial charge < -0.3 is 20.5 Å². The van der Waals surface area contributed by atoms with Crippen molar-refractivity contribution in [3.05, 3.63) is 59.7 Å². The maximum Gasteiger partial charge on any atom is 0.407 e. The minimum absolute atomic E-state index is 0.00215. The molecule has 2 atom stereocenters. The van der Waals surface area contributed by atoms with Crippen LogP contribution in [0.25, 0.3) is 11.1 Å². The van der Waals surface area contributed by atoms with E-state index in [2.05, 4.69) is 48.7 Å². The lowest BCUT2D eigenvalue weighted by Gasteiger charge is -2.21. The number of carboxylic acid groups (broad SMARTS) is 1. The summed E-state index contributed by atoms with van der Waals surface area (Å²) in [5.74, 6) is -0.694. The number of alkyl carbamates (subject to hydrolysis) is 1. The van der Waals surface area contributed by atoms with Gasteiger partial charge in [0.15, 0.2) is 0 Å². The van der Waals surface area contributed by atoms with E-state index in [9.17, 15) is 14.4 Å². The number of carbonyl (C=O) groups excluding carboxylic acids is 2. The highest BCUT2D eigenvalue weighted by atomic mass is 16.5. The van der Waals surface area contributed by atoms with Crippen LogP contribution in [0, 0.1) is 11.8 Å². The van der Waals surface area contributed by atoms with Crippen LogP contribution in [0.15, 0.2) is 48.5 Å². The molecule has 0 saturated heterocycles. The first kappa shape index (κ1) is 26.3. The molecule has 3 N–H and O–H groups in total. The zero-order chi connectivity index (χ0) is 25.4. The number of benzene rings is 2. The Morgan fingerprint density at radius 1 is 0.971 bits per heavy atom. The summed E-state index contributed by atoms with van der Waals surface area (Å²) in [6.07, 6.45) is 0.949. The number of fused-ring (bicyclic) bond motifs is 3. The Kier molecular flexibility index (Phi) is 9.29. The zero-order valence-electron chi connectivity index (χ0n) is 20.8. The van der Waals surface area contributed by atoms with Crippen LogP contribution in [-0.2, 0) is 14.3 Å². The number of carboxylic acids is 1. The molecule has 1 unspecified atom stereocenters. The number of amides is 2. The molecular weight excluding hydrogens is 444 g/mol. The van der Waals surface area contributed by atoms with Gasteiger partial charge in [-0.05, 0) is 53.9 Å². The summed E-state index contributed by atoms with van der Waals surface area (Å²) in [4.78, 5) is 35.7. The predicted molar refractivity (Wildman–Crippen MR) is 135 cm³/mol. The Morgan fingerprint density at radius 3 is 2.14 bits per heavy atom. The molecule has 0 aliphatic heterocycles. The van der Waals surface area contributed by atoms with Gasteiger partial charge in [0.2, 0.25) is 5.91 Å². The van der Waals surface area contributed by atoms with Crippen LogP contribution in [0.3, 0.4) is 0 Å². The average Bonchev–Trinajstić information content (AvgIpc) is 3.13. The normalized spacial score (nSPS) is 14.1. The van der Waals surface area contributed by atoms with Crippen LogP contribution in [0.2, 0.25) is 0 Å². The Bertz CT molecular complexity index is 990. The highest BCUT2D eigenvalue weighted by Gasteiger charge is 2.29. The quantitative estimate of drug-likeness (QED) is 0.399. The van der Waals surface area contributed by atoms with Gasteiger partial charge in [-0.2, -0.15) is 0 Å². The van der Waals surface area contributed by atoms with Gasteiger partial charge in [0.05, 0.1) is 0 Å². The summed E-state index contributed by atoms with van der Waals surface area (Å²) < 4.78 is 5.61. The van der Waals surface area contributed by atoms with E-state index < -0.39 is 12.1 Å². The molecule has 3 rings (SSSR count). The van der Waals surface area contributed by atoms with Crippen molar-refractivity contribution >= 4 is 18.0 Å². The molecule has 188 valence electrons. The minimum atomic E-state index is -0.879. The maximum absolute atomic E-state index is 12.5. The molecule has 35 heavy (non-hydrogen) atoms. The highest BCUT2D eigenvalue weighted by molar-refractivity contribution is 5.79. The monoisotopic (exact) mass is 480 g/mol. The van der Waals surface area contributed by atoms with Gasteiger partial charge in [-0.3, -0.25) is 9.59 Å². The summed E-state index contributed by atoms with van der Waals surface area (Å²) in [7, 11) is 0. The largest absolute Gasteiger partial charge is 0.481 e. The highest BCUT2D eigenvalue weighted by Crippen LogP contribution is 2.44. The maximum atomic E-state index is 12.5. The Balaban J connectivity index is 1.51. The molecule has 2 aromatic rings. The molecular formula is C28H36N2O5. The first-order valence-electron chi connectivity index (χ1n) is 12.3. The number of carbonyl (C=O) groups is 3. The number of nitrogens with one attached hydrogen (secondary N) is 2. The molecule has 2 aromatic carbocycles. The SMILES string of the molecule is CC(C)C[C@H](CNC(=O)OCC1c2ccccc2-c2ccccc21)CC(=O)NC(C)CCC(=O)O. The summed E-state index contributed by atoms with van der Waals surface area (Å²) in [6.45, 7) is 6.54. The van der Waals surface area contributed by atoms with Crippen LogP contribution in [0.5, 0.6) is 0 Å². The second kappa shape index (κ2) is 12.4. The second-order valence-corrected chi connectivity index (χ2v) is 9.81. The molecule has 1 aliphatic rings. The van der Waals surface area contributed by atoms with Crippen molar-refractivity contribution in [3.8, 4) is 11.1 Å². The van der Waals surface area contributed by atoms with Gasteiger partial charge in [-0.25, -0.2) is 4.79 Å². The number of aliphatic carboxylic acids is 1. The van der Waals surface area contributed by atoms with Crippen LogP contribution >= 0.6 is 0 Å². The van der Waals surface area contributed by atoms with Gasteiger partial charge in [-0.15, -0.1) is 0 Å². The molecule has 1 aliphatic carbocycles. The van der Waals surface area contributed by atoms with Crippen molar-refractivity contribution in [3.63, 3.8) is 0 Å². The van der Waals surface area contributed by atoms with E-state index in [0.29, 0.717) is 18.9 Å². The standard InChI is InChI=1S/C28H36N2O5/c1-18(2)14-20(15-26(31)30-19(3)12-13-27(32)33)16-29-28(34)35-17-25-23-10-6-4-8-21(23)22-9-5-7-11-24(22)25/h4-11,18-20,25H,12-17H2,1-3H3,(H,29,34)(H,30,31)(H,32,33)/t19?,20-/m0/s1. The number of rotatable bonds is 12. The number of ether oxygens (including phenoxy) is 1. The van der Waals surface area contributed by atoms with E-state index >= 15 is 0 Å². The molecule has 0 radical (unpaired) electrons.